The zero-order chi connectivity index (χ0) is 18.0. The summed E-state index contributed by atoms with van der Waals surface area (Å²) in [5, 5.41) is 3.55. The van der Waals surface area contributed by atoms with Gasteiger partial charge in [0.2, 0.25) is 5.91 Å². The Bertz CT molecular complexity index is 757. The second-order valence-electron chi connectivity index (χ2n) is 6.52. The van der Waals surface area contributed by atoms with E-state index >= 15 is 0 Å². The first kappa shape index (κ1) is 18.0. The molecule has 1 aromatic heterocycles. The largest absolute Gasteiger partial charge is 0.301 e. The number of aromatic nitrogens is 1. The number of rotatable bonds is 7. The van der Waals surface area contributed by atoms with Crippen molar-refractivity contribution < 1.29 is 9.18 Å². The summed E-state index contributed by atoms with van der Waals surface area (Å²) in [7, 11) is 0. The molecule has 1 fully saturated rings. The van der Waals surface area contributed by atoms with E-state index in [9.17, 15) is 9.18 Å². The Morgan fingerprint density at radius 1 is 1.44 bits per heavy atom. The van der Waals surface area contributed by atoms with Crippen molar-refractivity contribution >= 4 is 22.4 Å². The summed E-state index contributed by atoms with van der Waals surface area (Å²) >= 11 is 1.50. The van der Waals surface area contributed by atoms with Crippen molar-refractivity contribution in [1.29, 1.82) is 0 Å². The van der Waals surface area contributed by atoms with E-state index in [2.05, 4.69) is 22.1 Å². The van der Waals surface area contributed by atoms with Gasteiger partial charge in [-0.2, -0.15) is 0 Å². The highest BCUT2D eigenvalue weighted by Crippen LogP contribution is 2.35. The number of halogens is 1. The van der Waals surface area contributed by atoms with Gasteiger partial charge in [0.25, 0.3) is 0 Å². The Hall–Kier alpha value is -1.79. The van der Waals surface area contributed by atoms with Gasteiger partial charge in [0, 0.05) is 22.5 Å². The number of thiazole rings is 1. The van der Waals surface area contributed by atoms with Gasteiger partial charge in [-0.1, -0.05) is 25.1 Å². The molecule has 1 heterocycles. The summed E-state index contributed by atoms with van der Waals surface area (Å²) in [4.78, 5) is 20.2. The van der Waals surface area contributed by atoms with Crippen molar-refractivity contribution in [2.45, 2.75) is 52.1 Å². The maximum absolute atomic E-state index is 14.1. The van der Waals surface area contributed by atoms with Crippen LogP contribution in [0.15, 0.2) is 24.3 Å². The van der Waals surface area contributed by atoms with Gasteiger partial charge in [-0.3, -0.25) is 9.69 Å². The summed E-state index contributed by atoms with van der Waals surface area (Å²) in [5.74, 6) is -0.310. The number of benzene rings is 1. The molecule has 0 aliphatic heterocycles. The smallest absolute Gasteiger partial charge is 0.240 e. The fourth-order valence-corrected chi connectivity index (χ4v) is 4.03. The van der Waals surface area contributed by atoms with E-state index in [0.29, 0.717) is 16.7 Å². The number of amides is 1. The second kappa shape index (κ2) is 7.62. The molecule has 6 heteroatoms. The van der Waals surface area contributed by atoms with Gasteiger partial charge in [0.1, 0.15) is 5.82 Å². The number of carbonyl (C=O) groups excluding carboxylic acids is 1. The van der Waals surface area contributed by atoms with Crippen LogP contribution in [0.3, 0.4) is 0 Å². The Labute approximate surface area is 152 Å². The number of anilines is 1. The Morgan fingerprint density at radius 2 is 2.16 bits per heavy atom. The fourth-order valence-electron chi connectivity index (χ4n) is 3.12. The lowest BCUT2D eigenvalue weighted by atomic mass is 10.1. The maximum Gasteiger partial charge on any atom is 0.240 e. The van der Waals surface area contributed by atoms with Crippen LogP contribution < -0.4 is 5.32 Å². The molecule has 2 aromatic rings. The lowest BCUT2D eigenvalue weighted by Crippen LogP contribution is -2.37. The van der Waals surface area contributed by atoms with E-state index in [1.807, 2.05) is 19.9 Å². The van der Waals surface area contributed by atoms with Crippen LogP contribution in [-0.4, -0.2) is 28.4 Å². The van der Waals surface area contributed by atoms with Crippen molar-refractivity contribution in [2.75, 3.05) is 11.9 Å². The Balaban J connectivity index is 1.69. The number of aryl methyl sites for hydroxylation is 2. The molecule has 25 heavy (non-hydrogen) atoms. The van der Waals surface area contributed by atoms with Gasteiger partial charge in [-0.05, 0) is 39.2 Å². The van der Waals surface area contributed by atoms with Crippen LogP contribution in [0.5, 0.6) is 0 Å². The lowest BCUT2D eigenvalue weighted by Gasteiger charge is -2.29. The SMILES string of the molecule is CCc1nc(NC(=O)CN(C2CC2)C(C)c2ccccc2F)sc1C. The maximum atomic E-state index is 14.1. The molecular weight excluding hydrogens is 337 g/mol. The van der Waals surface area contributed by atoms with E-state index in [1.54, 1.807) is 12.1 Å². The molecule has 1 atom stereocenters. The van der Waals surface area contributed by atoms with Gasteiger partial charge in [0.05, 0.1) is 12.2 Å². The predicted octanol–water partition coefficient (Wildman–Crippen LogP) is 4.32. The highest BCUT2D eigenvalue weighted by molar-refractivity contribution is 7.15. The second-order valence-corrected chi connectivity index (χ2v) is 7.73. The highest BCUT2D eigenvalue weighted by Gasteiger charge is 2.34. The summed E-state index contributed by atoms with van der Waals surface area (Å²) in [6.07, 6.45) is 2.97. The molecule has 1 amide bonds. The number of hydrogen-bond donors (Lipinski definition) is 1. The molecule has 4 nitrogen and oxygen atoms in total. The highest BCUT2D eigenvalue weighted by atomic mass is 32.1. The third-order valence-electron chi connectivity index (χ3n) is 4.67. The average molecular weight is 361 g/mol. The topological polar surface area (TPSA) is 45.2 Å². The normalized spacial score (nSPS) is 15.4. The standard InChI is InChI=1S/C19H24FN3OS/c1-4-17-13(3)25-19(21-17)22-18(24)11-23(14-9-10-14)12(2)15-7-5-6-8-16(15)20/h5-8,12,14H,4,9-11H2,1-3H3,(H,21,22,24). The van der Waals surface area contributed by atoms with E-state index in [4.69, 9.17) is 0 Å². The van der Waals surface area contributed by atoms with Crippen molar-refractivity contribution in [3.05, 3.63) is 46.2 Å². The average Bonchev–Trinajstić information content (AvgIpc) is 3.36. The van der Waals surface area contributed by atoms with Gasteiger partial charge >= 0.3 is 0 Å². The predicted molar refractivity (Wildman–Crippen MR) is 99.4 cm³/mol. The minimum absolute atomic E-state index is 0.0912. The van der Waals surface area contributed by atoms with E-state index in [-0.39, 0.29) is 24.3 Å². The first-order valence-corrected chi connectivity index (χ1v) is 9.57. The molecule has 0 saturated heterocycles. The van der Waals surface area contributed by atoms with Crippen molar-refractivity contribution in [2.24, 2.45) is 0 Å². The number of nitrogens with one attached hydrogen (secondary N) is 1. The first-order chi connectivity index (χ1) is 12.0. The molecule has 3 rings (SSSR count). The van der Waals surface area contributed by atoms with Gasteiger partial charge < -0.3 is 5.32 Å². The third-order valence-corrected chi connectivity index (χ3v) is 5.60. The summed E-state index contributed by atoms with van der Waals surface area (Å²) in [6.45, 7) is 6.29. The van der Waals surface area contributed by atoms with Crippen molar-refractivity contribution in [1.82, 2.24) is 9.88 Å². The lowest BCUT2D eigenvalue weighted by molar-refractivity contribution is -0.118. The minimum atomic E-state index is -0.218. The zero-order valence-electron chi connectivity index (χ0n) is 14.9. The fraction of sp³-hybridized carbons (Fsp3) is 0.474. The van der Waals surface area contributed by atoms with Crippen molar-refractivity contribution in [3.8, 4) is 0 Å². The van der Waals surface area contributed by atoms with E-state index in [1.165, 1.54) is 17.4 Å². The molecule has 1 saturated carbocycles. The molecule has 1 unspecified atom stereocenters. The molecule has 1 aliphatic rings. The quantitative estimate of drug-likeness (QED) is 0.799. The van der Waals surface area contributed by atoms with Crippen LogP contribution in [0.2, 0.25) is 0 Å². The van der Waals surface area contributed by atoms with Crippen LogP contribution in [0, 0.1) is 12.7 Å². The molecule has 1 aliphatic carbocycles. The van der Waals surface area contributed by atoms with Gasteiger partial charge in [-0.25, -0.2) is 9.37 Å². The summed E-state index contributed by atoms with van der Waals surface area (Å²) in [6, 6.07) is 7.01. The molecule has 0 bridgehead atoms. The summed E-state index contributed by atoms with van der Waals surface area (Å²) in [5.41, 5.74) is 1.67. The number of nitrogens with zero attached hydrogens (tertiary/aromatic N) is 2. The molecule has 1 aromatic carbocycles. The molecule has 134 valence electrons. The summed E-state index contributed by atoms with van der Waals surface area (Å²) < 4.78 is 14.1. The molecule has 1 N–H and O–H groups in total. The first-order valence-electron chi connectivity index (χ1n) is 8.76. The van der Waals surface area contributed by atoms with E-state index < -0.39 is 0 Å². The molecule has 0 spiro atoms. The zero-order valence-corrected chi connectivity index (χ0v) is 15.7. The minimum Gasteiger partial charge on any atom is -0.301 e. The number of carbonyl (C=O) groups is 1. The molecular formula is C19H24FN3OS. The van der Waals surface area contributed by atoms with Crippen LogP contribution in [-0.2, 0) is 11.2 Å². The monoisotopic (exact) mass is 361 g/mol. The van der Waals surface area contributed by atoms with Gasteiger partial charge in [0.15, 0.2) is 5.13 Å². The number of hydrogen-bond acceptors (Lipinski definition) is 4. The Morgan fingerprint density at radius 3 is 2.76 bits per heavy atom. The molecule has 0 radical (unpaired) electrons. The van der Waals surface area contributed by atoms with Crippen LogP contribution in [0.25, 0.3) is 0 Å². The Kier molecular flexibility index (Phi) is 5.49. The third kappa shape index (κ3) is 4.25. The van der Waals surface area contributed by atoms with Crippen LogP contribution in [0.1, 0.15) is 48.9 Å². The van der Waals surface area contributed by atoms with Crippen LogP contribution >= 0.6 is 11.3 Å². The van der Waals surface area contributed by atoms with Gasteiger partial charge in [-0.15, -0.1) is 11.3 Å². The van der Waals surface area contributed by atoms with E-state index in [0.717, 1.165) is 29.8 Å². The van der Waals surface area contributed by atoms with Crippen molar-refractivity contribution in [3.63, 3.8) is 0 Å². The van der Waals surface area contributed by atoms with Crippen LogP contribution in [0.4, 0.5) is 9.52 Å².